The van der Waals surface area contributed by atoms with Crippen LogP contribution in [-0.2, 0) is 11.2 Å². The van der Waals surface area contributed by atoms with Crippen LogP contribution in [0.15, 0.2) is 23.6 Å². The zero-order chi connectivity index (χ0) is 13.1. The summed E-state index contributed by atoms with van der Waals surface area (Å²) < 4.78 is 18.3. The van der Waals surface area contributed by atoms with Gasteiger partial charge < -0.3 is 9.84 Å². The number of aliphatic carboxylic acids is 1. The van der Waals surface area contributed by atoms with E-state index in [1.807, 2.05) is 0 Å². The van der Waals surface area contributed by atoms with E-state index in [4.69, 9.17) is 9.84 Å². The number of hydrogen-bond acceptors (Lipinski definition) is 4. The fourth-order valence-electron chi connectivity index (χ4n) is 1.53. The van der Waals surface area contributed by atoms with E-state index >= 15 is 0 Å². The number of aromatic nitrogens is 1. The summed E-state index contributed by atoms with van der Waals surface area (Å²) in [5.74, 6) is -0.829. The van der Waals surface area contributed by atoms with Crippen molar-refractivity contribution in [3.8, 4) is 17.0 Å². The maximum atomic E-state index is 13.2. The number of hydrogen-bond donors (Lipinski definition) is 1. The number of methoxy groups -OCH3 is 1. The van der Waals surface area contributed by atoms with Crippen molar-refractivity contribution < 1.29 is 19.0 Å². The minimum absolute atomic E-state index is 0.137. The number of carboxylic acid groups (broad SMARTS) is 1. The Kier molecular flexibility index (Phi) is 3.57. The molecule has 94 valence electrons. The van der Waals surface area contributed by atoms with Gasteiger partial charge >= 0.3 is 5.97 Å². The molecule has 0 bridgehead atoms. The Hall–Kier alpha value is -1.95. The summed E-state index contributed by atoms with van der Waals surface area (Å²) in [6.07, 6.45) is -0.137. The number of benzene rings is 1. The molecule has 0 amide bonds. The molecule has 0 aliphatic heterocycles. The molecule has 1 heterocycles. The molecule has 2 rings (SSSR count). The number of carboxylic acids is 1. The van der Waals surface area contributed by atoms with E-state index in [-0.39, 0.29) is 6.42 Å². The second-order valence-electron chi connectivity index (χ2n) is 3.54. The predicted molar refractivity (Wildman–Crippen MR) is 65.4 cm³/mol. The first-order valence-electron chi connectivity index (χ1n) is 5.10. The first-order valence-corrected chi connectivity index (χ1v) is 5.98. The molecule has 18 heavy (non-hydrogen) atoms. The minimum atomic E-state index is -0.942. The molecule has 2 aromatic rings. The Bertz CT molecular complexity index is 582. The quantitative estimate of drug-likeness (QED) is 0.925. The Balaban J connectivity index is 2.38. The highest BCUT2D eigenvalue weighted by Crippen LogP contribution is 2.31. The van der Waals surface area contributed by atoms with Crippen molar-refractivity contribution >= 4 is 17.3 Å². The molecule has 0 fully saturated rings. The van der Waals surface area contributed by atoms with Crippen LogP contribution in [0.3, 0.4) is 0 Å². The van der Waals surface area contributed by atoms with Gasteiger partial charge in [-0.3, -0.25) is 4.79 Å². The lowest BCUT2D eigenvalue weighted by Gasteiger charge is -2.05. The fourth-order valence-corrected chi connectivity index (χ4v) is 2.31. The minimum Gasteiger partial charge on any atom is -0.496 e. The van der Waals surface area contributed by atoms with Crippen LogP contribution < -0.4 is 4.74 Å². The highest BCUT2D eigenvalue weighted by Gasteiger charge is 2.12. The van der Waals surface area contributed by atoms with Crippen LogP contribution in [0, 0.1) is 5.82 Å². The van der Waals surface area contributed by atoms with E-state index in [1.165, 1.54) is 36.6 Å². The summed E-state index contributed by atoms with van der Waals surface area (Å²) in [5.41, 5.74) is 1.04. The van der Waals surface area contributed by atoms with Crippen LogP contribution in [0.4, 0.5) is 4.39 Å². The molecule has 0 atom stereocenters. The molecule has 0 saturated carbocycles. The Morgan fingerprint density at radius 2 is 2.33 bits per heavy atom. The van der Waals surface area contributed by atoms with Crippen LogP contribution in [0.1, 0.15) is 5.01 Å². The largest absolute Gasteiger partial charge is 0.496 e. The molecular formula is C12H10FNO3S. The van der Waals surface area contributed by atoms with Gasteiger partial charge in [-0.1, -0.05) is 0 Å². The van der Waals surface area contributed by atoms with E-state index in [9.17, 15) is 9.18 Å². The number of halogens is 1. The van der Waals surface area contributed by atoms with Crippen LogP contribution in [0.5, 0.6) is 5.75 Å². The second-order valence-corrected chi connectivity index (χ2v) is 4.48. The normalized spacial score (nSPS) is 10.3. The third-order valence-electron chi connectivity index (χ3n) is 2.29. The molecule has 0 radical (unpaired) electrons. The van der Waals surface area contributed by atoms with Gasteiger partial charge in [-0.25, -0.2) is 9.37 Å². The third-order valence-corrected chi connectivity index (χ3v) is 3.14. The van der Waals surface area contributed by atoms with Gasteiger partial charge in [0, 0.05) is 10.9 Å². The van der Waals surface area contributed by atoms with Crippen molar-refractivity contribution in [1.29, 1.82) is 0 Å². The van der Waals surface area contributed by atoms with E-state index in [1.54, 1.807) is 5.38 Å². The van der Waals surface area contributed by atoms with Crippen molar-refractivity contribution in [1.82, 2.24) is 4.98 Å². The first kappa shape index (κ1) is 12.5. The van der Waals surface area contributed by atoms with Gasteiger partial charge in [0.05, 0.1) is 19.2 Å². The van der Waals surface area contributed by atoms with Gasteiger partial charge in [-0.2, -0.15) is 0 Å². The van der Waals surface area contributed by atoms with E-state index in [0.717, 1.165) is 0 Å². The first-order chi connectivity index (χ1) is 8.60. The molecule has 1 aromatic heterocycles. The topological polar surface area (TPSA) is 59.4 Å². The number of carbonyl (C=O) groups is 1. The number of ether oxygens (including phenoxy) is 1. The monoisotopic (exact) mass is 267 g/mol. The number of nitrogens with zero attached hydrogens (tertiary/aromatic N) is 1. The van der Waals surface area contributed by atoms with Gasteiger partial charge in [-0.15, -0.1) is 11.3 Å². The van der Waals surface area contributed by atoms with Crippen molar-refractivity contribution in [3.63, 3.8) is 0 Å². The lowest BCUT2D eigenvalue weighted by molar-refractivity contribution is -0.136. The molecule has 6 heteroatoms. The van der Waals surface area contributed by atoms with E-state index < -0.39 is 11.8 Å². The van der Waals surface area contributed by atoms with Gasteiger partial charge in [0.2, 0.25) is 0 Å². The highest BCUT2D eigenvalue weighted by atomic mass is 32.1. The lowest BCUT2D eigenvalue weighted by atomic mass is 10.1. The molecule has 0 spiro atoms. The highest BCUT2D eigenvalue weighted by molar-refractivity contribution is 7.10. The molecule has 0 unspecified atom stereocenters. The molecule has 4 nitrogen and oxygen atoms in total. The third kappa shape index (κ3) is 2.65. The maximum absolute atomic E-state index is 13.2. The summed E-state index contributed by atoms with van der Waals surface area (Å²) in [4.78, 5) is 14.7. The average molecular weight is 267 g/mol. The molecule has 1 aromatic carbocycles. The second kappa shape index (κ2) is 5.14. The zero-order valence-corrected chi connectivity index (χ0v) is 10.3. The Morgan fingerprint density at radius 1 is 1.56 bits per heavy atom. The predicted octanol–water partition coefficient (Wildman–Crippen LogP) is 2.58. The molecular weight excluding hydrogens is 257 g/mol. The average Bonchev–Trinajstić information content (AvgIpc) is 2.76. The van der Waals surface area contributed by atoms with Gasteiger partial charge in [0.15, 0.2) is 0 Å². The Labute approximate surface area is 107 Å². The number of thiazole rings is 1. The lowest BCUT2D eigenvalue weighted by Crippen LogP contribution is -1.99. The standard InChI is InChI=1S/C12H10FNO3S/c1-17-10-3-2-7(13)4-8(10)9-6-18-11(14-9)5-12(15)16/h2-4,6H,5H2,1H3,(H,15,16). The van der Waals surface area contributed by atoms with Gasteiger partial charge in [0.25, 0.3) is 0 Å². The zero-order valence-electron chi connectivity index (χ0n) is 9.51. The van der Waals surface area contributed by atoms with Gasteiger partial charge in [-0.05, 0) is 18.2 Å². The van der Waals surface area contributed by atoms with Crippen LogP contribution in [-0.4, -0.2) is 23.2 Å². The number of rotatable bonds is 4. The van der Waals surface area contributed by atoms with E-state index in [2.05, 4.69) is 4.98 Å². The summed E-state index contributed by atoms with van der Waals surface area (Å²) in [5, 5.41) is 10.8. The van der Waals surface area contributed by atoms with Crippen LogP contribution in [0.2, 0.25) is 0 Å². The molecule has 1 N–H and O–H groups in total. The SMILES string of the molecule is COc1ccc(F)cc1-c1csc(CC(=O)O)n1. The molecule has 0 saturated heterocycles. The summed E-state index contributed by atoms with van der Waals surface area (Å²) in [7, 11) is 1.49. The smallest absolute Gasteiger partial charge is 0.310 e. The maximum Gasteiger partial charge on any atom is 0.310 e. The summed E-state index contributed by atoms with van der Waals surface area (Å²) in [6, 6.07) is 4.13. The van der Waals surface area contributed by atoms with Crippen molar-refractivity contribution in [2.75, 3.05) is 7.11 Å². The summed E-state index contributed by atoms with van der Waals surface area (Å²) >= 11 is 1.23. The molecule has 0 aliphatic carbocycles. The van der Waals surface area contributed by atoms with Gasteiger partial charge in [0.1, 0.15) is 16.6 Å². The Morgan fingerprint density at radius 3 is 3.00 bits per heavy atom. The van der Waals surface area contributed by atoms with E-state index in [0.29, 0.717) is 22.0 Å². The fraction of sp³-hybridized carbons (Fsp3) is 0.167. The summed E-state index contributed by atoms with van der Waals surface area (Å²) in [6.45, 7) is 0. The van der Waals surface area contributed by atoms with Crippen molar-refractivity contribution in [3.05, 3.63) is 34.4 Å². The molecule has 0 aliphatic rings. The van der Waals surface area contributed by atoms with Crippen LogP contribution >= 0.6 is 11.3 Å². The van der Waals surface area contributed by atoms with Crippen LogP contribution in [0.25, 0.3) is 11.3 Å². The van der Waals surface area contributed by atoms with Crippen molar-refractivity contribution in [2.24, 2.45) is 0 Å². The van der Waals surface area contributed by atoms with Crippen molar-refractivity contribution in [2.45, 2.75) is 6.42 Å².